The molecule has 3 fully saturated rings. The Labute approximate surface area is 182 Å². The van der Waals surface area contributed by atoms with Crippen LogP contribution in [0.3, 0.4) is 0 Å². The number of carbonyl (C=O) groups excluding carboxylic acids is 2. The maximum atomic E-state index is 13.8. The van der Waals surface area contributed by atoms with Crippen molar-refractivity contribution < 1.29 is 23.8 Å². The summed E-state index contributed by atoms with van der Waals surface area (Å²) in [7, 11) is 4.57. The number of ether oxygens (including phenoxy) is 3. The molecule has 3 heterocycles. The van der Waals surface area contributed by atoms with Crippen molar-refractivity contribution in [2.75, 3.05) is 39.7 Å². The van der Waals surface area contributed by atoms with Gasteiger partial charge >= 0.3 is 5.97 Å². The van der Waals surface area contributed by atoms with E-state index in [9.17, 15) is 9.59 Å². The van der Waals surface area contributed by atoms with Crippen LogP contribution in [0.5, 0.6) is 5.75 Å². The van der Waals surface area contributed by atoms with Crippen LogP contribution < -0.4 is 10.1 Å². The van der Waals surface area contributed by atoms with Gasteiger partial charge in [0.05, 0.1) is 38.7 Å². The Morgan fingerprint density at radius 2 is 2.06 bits per heavy atom. The predicted octanol–water partition coefficient (Wildman–Crippen LogP) is 2.87. The second kappa shape index (κ2) is 6.99. The summed E-state index contributed by atoms with van der Waals surface area (Å²) in [6, 6.07) is 5.68. The van der Waals surface area contributed by atoms with Crippen LogP contribution in [0, 0.1) is 17.3 Å². The fourth-order valence-electron chi connectivity index (χ4n) is 6.58. The lowest BCUT2D eigenvalue weighted by Gasteiger charge is -2.46. The molecule has 0 bridgehead atoms. The molecule has 31 heavy (non-hydrogen) atoms. The molecule has 7 nitrogen and oxygen atoms in total. The number of Topliss-reactive ketones (excluding diaryl/α,β-unsaturated/α-hetero) is 1. The summed E-state index contributed by atoms with van der Waals surface area (Å²) in [6.45, 7) is 3.99. The number of nitrogens with one attached hydrogen (secondary N) is 1. The molecule has 0 aromatic heterocycles. The van der Waals surface area contributed by atoms with Crippen molar-refractivity contribution in [3.63, 3.8) is 0 Å². The molecular formula is C24H30N2O5. The third-order valence-electron chi connectivity index (χ3n) is 8.24. The Kier molecular flexibility index (Phi) is 4.59. The number of ketones is 1. The van der Waals surface area contributed by atoms with Gasteiger partial charge in [-0.3, -0.25) is 9.69 Å². The average molecular weight is 427 g/mol. The summed E-state index contributed by atoms with van der Waals surface area (Å²) >= 11 is 0. The van der Waals surface area contributed by atoms with Crippen LogP contribution in [0.1, 0.15) is 36.5 Å². The Morgan fingerprint density at radius 1 is 1.29 bits per heavy atom. The minimum absolute atomic E-state index is 0.00803. The number of nitrogens with zero attached hydrogens (tertiary/aromatic N) is 1. The SMILES string of the molecule is CO/C=C(/C(=O)OC)[C@H]1C[C@@H]2N(CC[C@]23Nc2cccc(OC)c2C3=O)CC12CC2C. The first-order valence-electron chi connectivity index (χ1n) is 11.0. The molecule has 166 valence electrons. The lowest BCUT2D eigenvalue weighted by Crippen LogP contribution is -2.58. The molecular weight excluding hydrogens is 396 g/mol. The molecule has 7 heteroatoms. The largest absolute Gasteiger partial charge is 0.504 e. The van der Waals surface area contributed by atoms with Gasteiger partial charge in [-0.25, -0.2) is 4.79 Å². The van der Waals surface area contributed by atoms with Crippen LogP contribution in [0.2, 0.25) is 0 Å². The highest BCUT2D eigenvalue weighted by Gasteiger charge is 2.67. The second-order valence-electron chi connectivity index (χ2n) is 9.47. The van der Waals surface area contributed by atoms with Gasteiger partial charge in [0.2, 0.25) is 0 Å². The smallest absolute Gasteiger partial charge is 0.337 e. The molecule has 1 aromatic rings. The number of anilines is 1. The summed E-state index contributed by atoms with van der Waals surface area (Å²) in [5, 5.41) is 3.59. The molecule has 2 unspecified atom stereocenters. The maximum absolute atomic E-state index is 13.8. The zero-order valence-electron chi connectivity index (χ0n) is 18.6. The zero-order chi connectivity index (χ0) is 22.0. The van der Waals surface area contributed by atoms with Crippen molar-refractivity contribution >= 4 is 17.4 Å². The summed E-state index contributed by atoms with van der Waals surface area (Å²) in [5.74, 6) is 0.873. The van der Waals surface area contributed by atoms with E-state index in [0.29, 0.717) is 29.2 Å². The number of benzene rings is 1. The van der Waals surface area contributed by atoms with Crippen LogP contribution >= 0.6 is 0 Å². The number of rotatable bonds is 4. The van der Waals surface area contributed by atoms with Crippen molar-refractivity contribution in [2.24, 2.45) is 17.3 Å². The van der Waals surface area contributed by atoms with Gasteiger partial charge in [-0.15, -0.1) is 0 Å². The number of fused-ring (bicyclic) bond motifs is 3. The number of carbonyl (C=O) groups is 2. The van der Waals surface area contributed by atoms with Crippen LogP contribution in [-0.2, 0) is 14.3 Å². The minimum Gasteiger partial charge on any atom is -0.504 e. The third-order valence-corrected chi connectivity index (χ3v) is 8.24. The normalized spacial score (nSPS) is 36.2. The first kappa shape index (κ1) is 20.4. The topological polar surface area (TPSA) is 77.1 Å². The molecule has 1 aliphatic carbocycles. The first-order valence-corrected chi connectivity index (χ1v) is 11.0. The van der Waals surface area contributed by atoms with Gasteiger partial charge in [0.25, 0.3) is 0 Å². The van der Waals surface area contributed by atoms with Crippen LogP contribution in [0.25, 0.3) is 0 Å². The number of esters is 1. The number of piperidine rings is 1. The van der Waals surface area contributed by atoms with E-state index in [1.807, 2.05) is 18.2 Å². The van der Waals surface area contributed by atoms with Gasteiger partial charge in [-0.05, 0) is 42.7 Å². The van der Waals surface area contributed by atoms with E-state index in [1.165, 1.54) is 7.11 Å². The predicted molar refractivity (Wildman–Crippen MR) is 115 cm³/mol. The molecule has 2 saturated heterocycles. The highest BCUT2D eigenvalue weighted by molar-refractivity contribution is 6.16. The van der Waals surface area contributed by atoms with Crippen LogP contribution in [-0.4, -0.2) is 62.7 Å². The fourth-order valence-corrected chi connectivity index (χ4v) is 6.58. The molecule has 2 spiro atoms. The van der Waals surface area contributed by atoms with Crippen LogP contribution in [0.15, 0.2) is 30.0 Å². The molecule has 5 atom stereocenters. The van der Waals surface area contributed by atoms with Gasteiger partial charge < -0.3 is 19.5 Å². The highest BCUT2D eigenvalue weighted by atomic mass is 16.5. The van der Waals surface area contributed by atoms with Crippen molar-refractivity contribution in [2.45, 2.75) is 37.8 Å². The van der Waals surface area contributed by atoms with Crippen molar-refractivity contribution in [3.8, 4) is 5.75 Å². The Morgan fingerprint density at radius 3 is 2.71 bits per heavy atom. The molecule has 5 rings (SSSR count). The van der Waals surface area contributed by atoms with Crippen LogP contribution in [0.4, 0.5) is 5.69 Å². The molecule has 1 N–H and O–H groups in total. The monoisotopic (exact) mass is 426 g/mol. The maximum Gasteiger partial charge on any atom is 0.337 e. The summed E-state index contributed by atoms with van der Waals surface area (Å²) in [4.78, 5) is 28.9. The molecule has 1 saturated carbocycles. The second-order valence-corrected chi connectivity index (χ2v) is 9.47. The Hall–Kier alpha value is -2.54. The molecule has 4 aliphatic rings. The van der Waals surface area contributed by atoms with Crippen molar-refractivity contribution in [1.29, 1.82) is 0 Å². The minimum atomic E-state index is -0.691. The van der Waals surface area contributed by atoms with Gasteiger partial charge in [0.1, 0.15) is 11.3 Å². The van der Waals surface area contributed by atoms with Gasteiger partial charge in [-0.1, -0.05) is 13.0 Å². The summed E-state index contributed by atoms with van der Waals surface area (Å²) in [6.07, 6.45) is 4.07. The Bertz CT molecular complexity index is 975. The number of hydrogen-bond donors (Lipinski definition) is 1. The van der Waals surface area contributed by atoms with E-state index >= 15 is 0 Å². The standard InChI is InChI=1S/C24H30N2O5/c1-14-11-23(14)13-26-9-8-24(19(26)10-16(23)15(12-29-2)22(28)31-4)21(27)20-17(25-24)6-5-7-18(20)30-3/h5-7,12,14,16,19,25H,8-11,13H2,1-4H3/b15-12+/t14?,16-,19+,23?,24+/m1/s1. The van der Waals surface area contributed by atoms with Gasteiger partial charge in [0, 0.05) is 30.7 Å². The lowest BCUT2D eigenvalue weighted by molar-refractivity contribution is -0.137. The molecule has 3 aliphatic heterocycles. The van der Waals surface area contributed by atoms with E-state index < -0.39 is 5.54 Å². The van der Waals surface area contributed by atoms with Crippen molar-refractivity contribution in [3.05, 3.63) is 35.6 Å². The molecule has 0 radical (unpaired) electrons. The van der Waals surface area contributed by atoms with Crippen molar-refractivity contribution in [1.82, 2.24) is 4.90 Å². The van der Waals surface area contributed by atoms with E-state index in [-0.39, 0.29) is 29.1 Å². The van der Waals surface area contributed by atoms with E-state index in [2.05, 4.69) is 17.1 Å². The van der Waals surface area contributed by atoms with Gasteiger partial charge in [0.15, 0.2) is 5.78 Å². The molecule has 0 amide bonds. The highest BCUT2D eigenvalue weighted by Crippen LogP contribution is 2.65. The van der Waals surface area contributed by atoms with E-state index in [0.717, 1.165) is 31.6 Å². The first-order chi connectivity index (χ1) is 14.9. The summed E-state index contributed by atoms with van der Waals surface area (Å²) in [5.41, 5.74) is 1.40. The van der Waals surface area contributed by atoms with Gasteiger partial charge in [-0.2, -0.15) is 0 Å². The van der Waals surface area contributed by atoms with E-state index in [4.69, 9.17) is 14.2 Å². The number of methoxy groups -OCH3 is 3. The average Bonchev–Trinajstić information content (AvgIpc) is 3.13. The van der Waals surface area contributed by atoms with E-state index in [1.54, 1.807) is 20.5 Å². The zero-order valence-corrected chi connectivity index (χ0v) is 18.6. The number of hydrogen-bond acceptors (Lipinski definition) is 7. The summed E-state index contributed by atoms with van der Waals surface area (Å²) < 4.78 is 15.9. The quantitative estimate of drug-likeness (QED) is 0.451. The lowest BCUT2D eigenvalue weighted by atomic mass is 9.70. The Balaban J connectivity index is 1.53. The molecule has 1 aromatic carbocycles. The third kappa shape index (κ3) is 2.68. The fraction of sp³-hybridized carbons (Fsp3) is 0.583.